The van der Waals surface area contributed by atoms with Crippen molar-refractivity contribution >= 4 is 0 Å². The highest BCUT2D eigenvalue weighted by atomic mass is 15.2. The Labute approximate surface area is 103 Å². The first-order valence-electron chi connectivity index (χ1n) is 6.70. The van der Waals surface area contributed by atoms with Gasteiger partial charge in [0.25, 0.3) is 0 Å². The molecule has 2 aliphatic heterocycles. The van der Waals surface area contributed by atoms with E-state index in [9.17, 15) is 0 Å². The molecule has 3 heteroatoms. The third-order valence-corrected chi connectivity index (χ3v) is 4.31. The molecule has 2 bridgehead atoms. The summed E-state index contributed by atoms with van der Waals surface area (Å²) in [6.07, 6.45) is 7.96. The minimum atomic E-state index is 0.738. The van der Waals surface area contributed by atoms with Gasteiger partial charge in [0, 0.05) is 37.6 Å². The fourth-order valence-corrected chi connectivity index (χ4v) is 3.20. The molecule has 0 aromatic carbocycles. The van der Waals surface area contributed by atoms with Crippen LogP contribution < -0.4 is 5.32 Å². The summed E-state index contributed by atoms with van der Waals surface area (Å²) < 4.78 is 0. The molecule has 0 spiro atoms. The molecule has 1 aromatic rings. The van der Waals surface area contributed by atoms with E-state index in [4.69, 9.17) is 0 Å². The minimum Gasteiger partial charge on any atom is -0.315 e. The van der Waals surface area contributed by atoms with Gasteiger partial charge in [-0.05, 0) is 49.9 Å². The Morgan fingerprint density at radius 2 is 2.24 bits per heavy atom. The second-order valence-electron chi connectivity index (χ2n) is 5.35. The fraction of sp³-hybridized carbons (Fsp3) is 0.643. The van der Waals surface area contributed by atoms with E-state index < -0.39 is 0 Å². The van der Waals surface area contributed by atoms with E-state index in [1.807, 2.05) is 12.4 Å². The Bertz CT molecular complexity index is 377. The predicted molar refractivity (Wildman–Crippen MR) is 68.8 cm³/mol. The largest absolute Gasteiger partial charge is 0.315 e. The van der Waals surface area contributed by atoms with Crippen LogP contribution in [0.25, 0.3) is 0 Å². The Morgan fingerprint density at radius 3 is 3.12 bits per heavy atom. The van der Waals surface area contributed by atoms with Gasteiger partial charge in [0.1, 0.15) is 0 Å². The van der Waals surface area contributed by atoms with Crippen molar-refractivity contribution in [1.82, 2.24) is 15.2 Å². The van der Waals surface area contributed by atoms with Crippen LogP contribution in [0.4, 0.5) is 0 Å². The van der Waals surface area contributed by atoms with Gasteiger partial charge >= 0.3 is 0 Å². The highest BCUT2D eigenvalue weighted by molar-refractivity contribution is 5.21. The van der Waals surface area contributed by atoms with Crippen LogP contribution in [0, 0.1) is 6.92 Å². The van der Waals surface area contributed by atoms with Crippen LogP contribution in [0.2, 0.25) is 0 Å². The molecule has 2 unspecified atom stereocenters. The number of nitrogens with zero attached hydrogens (tertiary/aromatic N) is 2. The Hall–Kier alpha value is -0.930. The molecule has 92 valence electrons. The fourth-order valence-electron chi connectivity index (χ4n) is 3.20. The Balaban J connectivity index is 1.78. The van der Waals surface area contributed by atoms with Gasteiger partial charge in [-0.15, -0.1) is 0 Å². The topological polar surface area (TPSA) is 28.2 Å². The zero-order valence-electron chi connectivity index (χ0n) is 10.5. The highest BCUT2D eigenvalue weighted by Gasteiger charge is 2.34. The lowest BCUT2D eigenvalue weighted by atomic mass is 10.1. The SMILES string of the molecule is Cc1ccncc1CN1C2CCNCC1CC2. The monoisotopic (exact) mass is 231 g/mol. The van der Waals surface area contributed by atoms with Gasteiger partial charge in [0.2, 0.25) is 0 Å². The molecule has 0 radical (unpaired) electrons. The third kappa shape index (κ3) is 2.22. The second kappa shape index (κ2) is 4.75. The van der Waals surface area contributed by atoms with Crippen molar-refractivity contribution in [2.75, 3.05) is 13.1 Å². The third-order valence-electron chi connectivity index (χ3n) is 4.31. The molecule has 1 aromatic heterocycles. The highest BCUT2D eigenvalue weighted by Crippen LogP contribution is 2.29. The number of fused-ring (bicyclic) bond motifs is 2. The first kappa shape index (κ1) is 11.2. The molecule has 3 rings (SSSR count). The molecule has 0 amide bonds. The lowest BCUT2D eigenvalue weighted by Gasteiger charge is -2.28. The van der Waals surface area contributed by atoms with Crippen LogP contribution in [-0.4, -0.2) is 35.1 Å². The average Bonchev–Trinajstić information content (AvgIpc) is 2.56. The summed E-state index contributed by atoms with van der Waals surface area (Å²) in [7, 11) is 0. The lowest BCUT2D eigenvalue weighted by molar-refractivity contribution is 0.193. The van der Waals surface area contributed by atoms with E-state index in [1.54, 1.807) is 0 Å². The maximum absolute atomic E-state index is 4.26. The van der Waals surface area contributed by atoms with Gasteiger partial charge in [-0.2, -0.15) is 0 Å². The first-order valence-corrected chi connectivity index (χ1v) is 6.70. The van der Waals surface area contributed by atoms with Crippen molar-refractivity contribution in [2.24, 2.45) is 0 Å². The number of nitrogens with one attached hydrogen (secondary N) is 1. The summed E-state index contributed by atoms with van der Waals surface area (Å²) in [5.74, 6) is 0. The maximum atomic E-state index is 4.26. The minimum absolute atomic E-state index is 0.738. The van der Waals surface area contributed by atoms with Crippen LogP contribution >= 0.6 is 0 Å². The normalized spacial score (nSPS) is 29.2. The zero-order chi connectivity index (χ0) is 11.7. The molecule has 0 aliphatic carbocycles. The lowest BCUT2D eigenvalue weighted by Crippen LogP contribution is -2.37. The van der Waals surface area contributed by atoms with Crippen LogP contribution in [0.1, 0.15) is 30.4 Å². The van der Waals surface area contributed by atoms with Crippen molar-refractivity contribution in [3.05, 3.63) is 29.6 Å². The van der Waals surface area contributed by atoms with E-state index in [1.165, 1.54) is 36.9 Å². The van der Waals surface area contributed by atoms with Crippen molar-refractivity contribution in [3.8, 4) is 0 Å². The summed E-state index contributed by atoms with van der Waals surface area (Å²) in [5, 5.41) is 3.55. The quantitative estimate of drug-likeness (QED) is 0.840. The molecule has 3 nitrogen and oxygen atoms in total. The van der Waals surface area contributed by atoms with Crippen LogP contribution in [0.15, 0.2) is 18.5 Å². The summed E-state index contributed by atoms with van der Waals surface area (Å²) in [5.41, 5.74) is 2.77. The molecule has 2 saturated heterocycles. The predicted octanol–water partition coefficient (Wildman–Crippen LogP) is 1.72. The molecule has 2 atom stereocenters. The first-order chi connectivity index (χ1) is 8.34. The maximum Gasteiger partial charge on any atom is 0.0315 e. The van der Waals surface area contributed by atoms with Crippen molar-refractivity contribution in [1.29, 1.82) is 0 Å². The molecule has 0 saturated carbocycles. The van der Waals surface area contributed by atoms with Crippen LogP contribution in [-0.2, 0) is 6.54 Å². The average molecular weight is 231 g/mol. The molecule has 17 heavy (non-hydrogen) atoms. The number of pyridine rings is 1. The molecule has 3 heterocycles. The smallest absolute Gasteiger partial charge is 0.0315 e. The summed E-state index contributed by atoms with van der Waals surface area (Å²) in [4.78, 5) is 6.96. The Morgan fingerprint density at radius 1 is 1.35 bits per heavy atom. The molecule has 2 fully saturated rings. The van der Waals surface area contributed by atoms with Gasteiger partial charge in [-0.3, -0.25) is 9.88 Å². The molecule has 2 aliphatic rings. The van der Waals surface area contributed by atoms with Crippen molar-refractivity contribution in [3.63, 3.8) is 0 Å². The number of aromatic nitrogens is 1. The number of aryl methyl sites for hydroxylation is 1. The van der Waals surface area contributed by atoms with Crippen molar-refractivity contribution in [2.45, 2.75) is 44.8 Å². The summed E-state index contributed by atoms with van der Waals surface area (Å²) in [6, 6.07) is 3.64. The van der Waals surface area contributed by atoms with E-state index in [0.717, 1.165) is 25.2 Å². The number of rotatable bonds is 2. The van der Waals surface area contributed by atoms with E-state index >= 15 is 0 Å². The van der Waals surface area contributed by atoms with Crippen LogP contribution in [0.5, 0.6) is 0 Å². The zero-order valence-corrected chi connectivity index (χ0v) is 10.5. The number of hydrogen-bond acceptors (Lipinski definition) is 3. The number of hydrogen-bond donors (Lipinski definition) is 1. The van der Waals surface area contributed by atoms with Gasteiger partial charge in [0.05, 0.1) is 0 Å². The van der Waals surface area contributed by atoms with Gasteiger partial charge in [0.15, 0.2) is 0 Å². The van der Waals surface area contributed by atoms with E-state index in [2.05, 4.69) is 28.2 Å². The standard InChI is InChI=1S/C14H21N3/c1-11-4-6-15-8-12(11)10-17-13-2-3-14(17)9-16-7-5-13/h4,6,8,13-14,16H,2-3,5,7,9-10H2,1H3. The van der Waals surface area contributed by atoms with Gasteiger partial charge in [-0.1, -0.05) is 0 Å². The summed E-state index contributed by atoms with van der Waals surface area (Å²) in [6.45, 7) is 5.62. The second-order valence-corrected chi connectivity index (χ2v) is 5.35. The van der Waals surface area contributed by atoms with E-state index in [0.29, 0.717) is 0 Å². The van der Waals surface area contributed by atoms with Crippen molar-refractivity contribution < 1.29 is 0 Å². The van der Waals surface area contributed by atoms with E-state index in [-0.39, 0.29) is 0 Å². The Kier molecular flexibility index (Phi) is 3.12. The van der Waals surface area contributed by atoms with Gasteiger partial charge in [-0.25, -0.2) is 0 Å². The molecular formula is C14H21N3. The van der Waals surface area contributed by atoms with Gasteiger partial charge < -0.3 is 5.32 Å². The summed E-state index contributed by atoms with van der Waals surface area (Å²) >= 11 is 0. The molecular weight excluding hydrogens is 210 g/mol. The van der Waals surface area contributed by atoms with Crippen LogP contribution in [0.3, 0.4) is 0 Å². The molecule has 1 N–H and O–H groups in total.